The molecule has 1 aliphatic rings. The van der Waals surface area contributed by atoms with Gasteiger partial charge in [0.1, 0.15) is 0 Å². The fourth-order valence-electron chi connectivity index (χ4n) is 2.49. The molecule has 0 bridgehead atoms. The van der Waals surface area contributed by atoms with Crippen LogP contribution in [-0.2, 0) is 5.41 Å². The first-order chi connectivity index (χ1) is 9.88. The molecule has 1 N–H and O–H groups in total. The molecule has 1 aliphatic heterocycles. The van der Waals surface area contributed by atoms with Gasteiger partial charge in [-0.15, -0.1) is 0 Å². The Bertz CT molecular complexity index is 468. The first kappa shape index (κ1) is 16.2. The summed E-state index contributed by atoms with van der Waals surface area (Å²) in [7, 11) is 0. The number of rotatable bonds is 5. The summed E-state index contributed by atoms with van der Waals surface area (Å²) >= 11 is 0. The van der Waals surface area contributed by atoms with Crippen molar-refractivity contribution in [2.45, 2.75) is 52.5 Å². The summed E-state index contributed by atoms with van der Waals surface area (Å²) in [5.74, 6) is 2.20. The highest BCUT2D eigenvalue weighted by Gasteiger charge is 2.23. The molecule has 0 saturated carbocycles. The molecule has 2 rings (SSSR count). The molecule has 3 heteroatoms. The molecule has 3 nitrogen and oxygen atoms in total. The van der Waals surface area contributed by atoms with Crippen molar-refractivity contribution < 1.29 is 9.47 Å². The van der Waals surface area contributed by atoms with Crippen LogP contribution in [0.5, 0.6) is 11.5 Å². The van der Waals surface area contributed by atoms with Crippen molar-refractivity contribution in [2.75, 3.05) is 19.8 Å². The van der Waals surface area contributed by atoms with Crippen LogP contribution in [0.3, 0.4) is 0 Å². The second-order valence-electron chi connectivity index (χ2n) is 7.13. The smallest absolute Gasteiger partial charge is 0.161 e. The van der Waals surface area contributed by atoms with Gasteiger partial charge in [-0.05, 0) is 36.1 Å². The second-order valence-corrected chi connectivity index (χ2v) is 7.13. The number of fused-ring (bicyclic) bond motifs is 1. The first-order valence-electron chi connectivity index (χ1n) is 8.02. The lowest BCUT2D eigenvalue weighted by molar-refractivity contribution is 0.228. The number of hydrogen-bond donors (Lipinski definition) is 1. The maximum atomic E-state index is 5.90. The van der Waals surface area contributed by atoms with E-state index in [0.29, 0.717) is 12.0 Å². The van der Waals surface area contributed by atoms with Crippen molar-refractivity contribution >= 4 is 0 Å². The summed E-state index contributed by atoms with van der Waals surface area (Å²) in [6.07, 6.45) is 1.10. The molecule has 0 saturated heterocycles. The van der Waals surface area contributed by atoms with E-state index in [0.717, 1.165) is 37.7 Å². The van der Waals surface area contributed by atoms with E-state index in [9.17, 15) is 0 Å². The molecule has 1 aromatic carbocycles. The van der Waals surface area contributed by atoms with Crippen molar-refractivity contribution in [1.29, 1.82) is 0 Å². The van der Waals surface area contributed by atoms with Crippen molar-refractivity contribution in [2.24, 2.45) is 5.92 Å². The van der Waals surface area contributed by atoms with Gasteiger partial charge in [0.2, 0.25) is 0 Å². The molecule has 1 heterocycles. The molecule has 0 aliphatic carbocycles. The predicted octanol–water partition coefficient (Wildman–Crippen LogP) is 3.76. The maximum Gasteiger partial charge on any atom is 0.161 e. The molecule has 0 spiro atoms. The number of nitrogens with one attached hydrogen (secondary N) is 1. The Kier molecular flexibility index (Phi) is 5.15. The Balaban J connectivity index is 2.09. The summed E-state index contributed by atoms with van der Waals surface area (Å²) in [5, 5.41) is 3.49. The summed E-state index contributed by atoms with van der Waals surface area (Å²) in [6.45, 7) is 13.6. The van der Waals surface area contributed by atoms with Crippen molar-refractivity contribution in [3.63, 3.8) is 0 Å². The summed E-state index contributed by atoms with van der Waals surface area (Å²) in [4.78, 5) is 0. The van der Waals surface area contributed by atoms with Crippen molar-refractivity contribution in [3.8, 4) is 11.5 Å². The van der Waals surface area contributed by atoms with E-state index < -0.39 is 0 Å². The zero-order valence-corrected chi connectivity index (χ0v) is 14.0. The third-order valence-electron chi connectivity index (χ3n) is 4.07. The molecule has 0 fully saturated rings. The largest absolute Gasteiger partial charge is 0.489 e. The third kappa shape index (κ3) is 4.37. The Hall–Kier alpha value is -1.22. The lowest BCUT2D eigenvalue weighted by Gasteiger charge is -2.27. The van der Waals surface area contributed by atoms with Gasteiger partial charge in [-0.2, -0.15) is 0 Å². The van der Waals surface area contributed by atoms with Crippen LogP contribution in [0.4, 0.5) is 0 Å². The van der Waals surface area contributed by atoms with Crippen LogP contribution < -0.4 is 14.8 Å². The Morgan fingerprint density at radius 2 is 1.86 bits per heavy atom. The van der Waals surface area contributed by atoms with E-state index in [1.165, 1.54) is 5.56 Å². The molecule has 21 heavy (non-hydrogen) atoms. The molecule has 0 aromatic heterocycles. The molecule has 0 radical (unpaired) electrons. The number of benzene rings is 1. The third-order valence-corrected chi connectivity index (χ3v) is 4.07. The fraction of sp³-hybridized carbons (Fsp3) is 0.667. The van der Waals surface area contributed by atoms with Gasteiger partial charge < -0.3 is 14.8 Å². The van der Waals surface area contributed by atoms with Crippen molar-refractivity contribution in [1.82, 2.24) is 5.32 Å². The highest BCUT2D eigenvalue weighted by Crippen LogP contribution is 2.36. The molecular weight excluding hydrogens is 262 g/mol. The number of ether oxygens (including phenoxy) is 2. The fourth-order valence-corrected chi connectivity index (χ4v) is 2.49. The minimum absolute atomic E-state index is 0.123. The van der Waals surface area contributed by atoms with E-state index in [1.807, 2.05) is 0 Å². The van der Waals surface area contributed by atoms with Crippen LogP contribution in [0.15, 0.2) is 18.2 Å². The van der Waals surface area contributed by atoms with Gasteiger partial charge in [0.15, 0.2) is 11.5 Å². The standard InChI is InChI=1S/C18H29NO2/c1-13(2)19-9-8-18(4,5)15-6-7-16-17(10-15)21-12-14(3)11-20-16/h6-7,10,13-14,19H,8-9,11-12H2,1-5H3. The van der Waals surface area contributed by atoms with E-state index in [4.69, 9.17) is 9.47 Å². The van der Waals surface area contributed by atoms with Crippen LogP contribution in [0.1, 0.15) is 46.6 Å². The lowest BCUT2D eigenvalue weighted by Crippen LogP contribution is -2.29. The lowest BCUT2D eigenvalue weighted by atomic mass is 9.81. The van der Waals surface area contributed by atoms with Gasteiger partial charge in [0, 0.05) is 12.0 Å². The van der Waals surface area contributed by atoms with Gasteiger partial charge >= 0.3 is 0 Å². The molecule has 1 aromatic rings. The minimum atomic E-state index is 0.123. The number of hydrogen-bond acceptors (Lipinski definition) is 3. The van der Waals surface area contributed by atoms with Crippen LogP contribution in [0, 0.1) is 5.92 Å². The Morgan fingerprint density at radius 3 is 2.52 bits per heavy atom. The van der Waals surface area contributed by atoms with Gasteiger partial charge in [0.05, 0.1) is 13.2 Å². The predicted molar refractivity (Wildman–Crippen MR) is 87.4 cm³/mol. The van der Waals surface area contributed by atoms with E-state index >= 15 is 0 Å². The molecule has 118 valence electrons. The SMILES string of the molecule is CC1COc2ccc(C(C)(C)CCNC(C)C)cc2OC1. The molecular formula is C18H29NO2. The minimum Gasteiger partial charge on any atom is -0.489 e. The van der Waals surface area contributed by atoms with Crippen LogP contribution >= 0.6 is 0 Å². The van der Waals surface area contributed by atoms with Gasteiger partial charge in [-0.3, -0.25) is 0 Å². The quantitative estimate of drug-likeness (QED) is 0.896. The normalized spacial score (nSPS) is 18.7. The van der Waals surface area contributed by atoms with E-state index in [2.05, 4.69) is 58.1 Å². The Morgan fingerprint density at radius 1 is 1.19 bits per heavy atom. The summed E-state index contributed by atoms with van der Waals surface area (Å²) in [6, 6.07) is 6.92. The van der Waals surface area contributed by atoms with Gasteiger partial charge in [-0.25, -0.2) is 0 Å². The summed E-state index contributed by atoms with van der Waals surface area (Å²) < 4.78 is 11.7. The zero-order valence-electron chi connectivity index (χ0n) is 14.0. The average molecular weight is 291 g/mol. The molecule has 1 atom stereocenters. The highest BCUT2D eigenvalue weighted by atomic mass is 16.5. The zero-order chi connectivity index (χ0) is 15.5. The first-order valence-corrected chi connectivity index (χ1v) is 8.02. The Labute approximate surface area is 129 Å². The van der Waals surface area contributed by atoms with Crippen LogP contribution in [-0.4, -0.2) is 25.8 Å². The van der Waals surface area contributed by atoms with Gasteiger partial charge in [0.25, 0.3) is 0 Å². The van der Waals surface area contributed by atoms with Gasteiger partial charge in [-0.1, -0.05) is 40.7 Å². The van der Waals surface area contributed by atoms with Crippen LogP contribution in [0.25, 0.3) is 0 Å². The second kappa shape index (κ2) is 6.69. The summed E-state index contributed by atoms with van der Waals surface area (Å²) in [5.41, 5.74) is 1.43. The molecule has 0 amide bonds. The molecule has 1 unspecified atom stereocenters. The monoisotopic (exact) mass is 291 g/mol. The topological polar surface area (TPSA) is 30.5 Å². The van der Waals surface area contributed by atoms with E-state index in [1.54, 1.807) is 0 Å². The highest BCUT2D eigenvalue weighted by molar-refractivity contribution is 5.45. The van der Waals surface area contributed by atoms with E-state index in [-0.39, 0.29) is 5.41 Å². The van der Waals surface area contributed by atoms with Crippen molar-refractivity contribution in [3.05, 3.63) is 23.8 Å². The maximum absolute atomic E-state index is 5.90. The van der Waals surface area contributed by atoms with Crippen LogP contribution in [0.2, 0.25) is 0 Å². The average Bonchev–Trinajstić information content (AvgIpc) is 2.60.